The van der Waals surface area contributed by atoms with Gasteiger partial charge < -0.3 is 14.8 Å². The molecular formula is C19H24N2O5S. The molecule has 0 aliphatic carbocycles. The second kappa shape index (κ2) is 8.88. The minimum absolute atomic E-state index is 0.166. The van der Waals surface area contributed by atoms with Gasteiger partial charge in [-0.05, 0) is 42.0 Å². The molecule has 1 amide bonds. The van der Waals surface area contributed by atoms with E-state index < -0.39 is 10.0 Å². The van der Waals surface area contributed by atoms with Crippen LogP contribution in [0.25, 0.3) is 0 Å². The molecule has 0 saturated heterocycles. The van der Waals surface area contributed by atoms with Gasteiger partial charge in [0.2, 0.25) is 15.9 Å². The summed E-state index contributed by atoms with van der Waals surface area (Å²) in [6.45, 7) is 3.69. The molecule has 0 aliphatic rings. The highest BCUT2D eigenvalue weighted by Crippen LogP contribution is 2.29. The molecule has 1 N–H and O–H groups in total. The van der Waals surface area contributed by atoms with Crippen molar-refractivity contribution in [3.63, 3.8) is 0 Å². The number of rotatable bonds is 8. The fourth-order valence-corrected chi connectivity index (χ4v) is 4.05. The molecule has 7 nitrogen and oxygen atoms in total. The summed E-state index contributed by atoms with van der Waals surface area (Å²) in [6.07, 6.45) is 0. The van der Waals surface area contributed by atoms with Gasteiger partial charge in [-0.2, -0.15) is 4.31 Å². The molecule has 0 fully saturated rings. The SMILES string of the molecule is CCN(Cc1ccc(OC)c(OC)c1)S(=O)(=O)c1ccc(NC(C)=O)cc1. The first-order valence-corrected chi connectivity index (χ1v) is 9.84. The lowest BCUT2D eigenvalue weighted by atomic mass is 10.2. The van der Waals surface area contributed by atoms with Gasteiger partial charge >= 0.3 is 0 Å². The van der Waals surface area contributed by atoms with Crippen molar-refractivity contribution >= 4 is 21.6 Å². The van der Waals surface area contributed by atoms with E-state index in [1.54, 1.807) is 44.4 Å². The summed E-state index contributed by atoms with van der Waals surface area (Å²) < 4.78 is 37.8. The van der Waals surface area contributed by atoms with Gasteiger partial charge in [0.25, 0.3) is 0 Å². The normalized spacial score (nSPS) is 11.3. The van der Waals surface area contributed by atoms with Crippen LogP contribution in [-0.2, 0) is 21.4 Å². The Hall–Kier alpha value is -2.58. The van der Waals surface area contributed by atoms with Gasteiger partial charge in [-0.3, -0.25) is 4.79 Å². The van der Waals surface area contributed by atoms with E-state index in [0.717, 1.165) is 5.56 Å². The monoisotopic (exact) mass is 392 g/mol. The first-order valence-electron chi connectivity index (χ1n) is 8.40. The summed E-state index contributed by atoms with van der Waals surface area (Å²) in [5.41, 5.74) is 1.33. The highest BCUT2D eigenvalue weighted by atomic mass is 32.2. The Bertz CT molecular complexity index is 895. The number of ether oxygens (including phenoxy) is 2. The number of benzene rings is 2. The Labute approximate surface area is 160 Å². The van der Waals surface area contributed by atoms with Crippen LogP contribution in [0, 0.1) is 0 Å². The minimum Gasteiger partial charge on any atom is -0.493 e. The van der Waals surface area contributed by atoms with Crippen LogP contribution < -0.4 is 14.8 Å². The van der Waals surface area contributed by atoms with Crippen molar-refractivity contribution in [2.24, 2.45) is 0 Å². The molecule has 0 bridgehead atoms. The number of amides is 1. The number of carbonyl (C=O) groups is 1. The molecule has 0 atom stereocenters. The summed E-state index contributed by atoms with van der Waals surface area (Å²) >= 11 is 0. The second-order valence-corrected chi connectivity index (χ2v) is 7.76. The second-order valence-electron chi connectivity index (χ2n) is 5.83. The standard InChI is InChI=1S/C19H24N2O5S/c1-5-21(13-15-6-11-18(25-3)19(12-15)26-4)27(23,24)17-9-7-16(8-10-17)20-14(2)22/h6-12H,5,13H2,1-4H3,(H,20,22). The number of nitrogens with zero attached hydrogens (tertiary/aromatic N) is 1. The average Bonchev–Trinajstić information content (AvgIpc) is 2.65. The third kappa shape index (κ3) is 4.99. The largest absolute Gasteiger partial charge is 0.493 e. The maximum absolute atomic E-state index is 13.0. The van der Waals surface area contributed by atoms with Crippen molar-refractivity contribution in [2.75, 3.05) is 26.1 Å². The zero-order chi connectivity index (χ0) is 20.0. The van der Waals surface area contributed by atoms with E-state index in [9.17, 15) is 13.2 Å². The van der Waals surface area contributed by atoms with Gasteiger partial charge in [0.15, 0.2) is 11.5 Å². The van der Waals surface area contributed by atoms with Crippen LogP contribution in [0.4, 0.5) is 5.69 Å². The van der Waals surface area contributed by atoms with Gasteiger partial charge in [-0.15, -0.1) is 0 Å². The summed E-state index contributed by atoms with van der Waals surface area (Å²) in [4.78, 5) is 11.3. The van der Waals surface area contributed by atoms with E-state index in [0.29, 0.717) is 23.7 Å². The van der Waals surface area contributed by atoms with Gasteiger partial charge in [-0.1, -0.05) is 13.0 Å². The molecule has 8 heteroatoms. The molecule has 0 unspecified atom stereocenters. The number of carbonyl (C=O) groups excluding carboxylic acids is 1. The fourth-order valence-electron chi connectivity index (χ4n) is 2.61. The molecule has 0 heterocycles. The van der Waals surface area contributed by atoms with E-state index in [4.69, 9.17) is 9.47 Å². The quantitative estimate of drug-likeness (QED) is 0.747. The van der Waals surface area contributed by atoms with E-state index in [2.05, 4.69) is 5.32 Å². The summed E-state index contributed by atoms with van der Waals surface area (Å²) in [6, 6.07) is 11.4. The summed E-state index contributed by atoms with van der Waals surface area (Å²) in [5.74, 6) is 0.915. The lowest BCUT2D eigenvalue weighted by molar-refractivity contribution is -0.114. The van der Waals surface area contributed by atoms with Crippen LogP contribution in [0.1, 0.15) is 19.4 Å². The van der Waals surface area contributed by atoms with Crippen molar-refractivity contribution in [1.82, 2.24) is 4.31 Å². The molecule has 27 heavy (non-hydrogen) atoms. The Balaban J connectivity index is 2.26. The molecule has 0 aromatic heterocycles. The van der Waals surface area contributed by atoms with E-state index in [-0.39, 0.29) is 17.3 Å². The number of nitrogens with one attached hydrogen (secondary N) is 1. The maximum atomic E-state index is 13.0. The maximum Gasteiger partial charge on any atom is 0.243 e. The Morgan fingerprint density at radius 1 is 1.04 bits per heavy atom. The molecule has 0 aliphatic heterocycles. The first kappa shape index (κ1) is 20.7. The van der Waals surface area contributed by atoms with Gasteiger partial charge in [0.05, 0.1) is 19.1 Å². The molecule has 146 valence electrons. The zero-order valence-electron chi connectivity index (χ0n) is 15.9. The number of methoxy groups -OCH3 is 2. The van der Waals surface area contributed by atoms with Crippen molar-refractivity contribution in [3.05, 3.63) is 48.0 Å². The topological polar surface area (TPSA) is 84.9 Å². The molecule has 2 rings (SSSR count). The van der Waals surface area contributed by atoms with Gasteiger partial charge in [0.1, 0.15) is 0 Å². The van der Waals surface area contributed by atoms with E-state index in [1.807, 2.05) is 0 Å². The lowest BCUT2D eigenvalue weighted by Gasteiger charge is -2.21. The minimum atomic E-state index is -3.68. The molecule has 0 radical (unpaired) electrons. The lowest BCUT2D eigenvalue weighted by Crippen LogP contribution is -2.30. The molecular weight excluding hydrogens is 368 g/mol. The van der Waals surface area contributed by atoms with E-state index in [1.165, 1.54) is 30.5 Å². The van der Waals surface area contributed by atoms with Crippen LogP contribution in [0.15, 0.2) is 47.4 Å². The van der Waals surface area contributed by atoms with Crippen LogP contribution in [0.2, 0.25) is 0 Å². The Morgan fingerprint density at radius 3 is 2.19 bits per heavy atom. The van der Waals surface area contributed by atoms with Crippen molar-refractivity contribution in [3.8, 4) is 11.5 Å². The highest BCUT2D eigenvalue weighted by molar-refractivity contribution is 7.89. The number of anilines is 1. The molecule has 2 aromatic rings. The van der Waals surface area contributed by atoms with Crippen molar-refractivity contribution in [2.45, 2.75) is 25.3 Å². The highest BCUT2D eigenvalue weighted by Gasteiger charge is 2.23. The predicted molar refractivity (Wildman–Crippen MR) is 104 cm³/mol. The van der Waals surface area contributed by atoms with E-state index >= 15 is 0 Å². The van der Waals surface area contributed by atoms with Gasteiger partial charge in [-0.25, -0.2) is 8.42 Å². The Kier molecular flexibility index (Phi) is 6.81. The third-order valence-electron chi connectivity index (χ3n) is 3.97. The van der Waals surface area contributed by atoms with Crippen LogP contribution in [0.5, 0.6) is 11.5 Å². The predicted octanol–water partition coefficient (Wildman–Crippen LogP) is 2.87. The third-order valence-corrected chi connectivity index (χ3v) is 5.91. The smallest absolute Gasteiger partial charge is 0.243 e. The van der Waals surface area contributed by atoms with Crippen LogP contribution in [0.3, 0.4) is 0 Å². The molecule has 0 saturated carbocycles. The first-order chi connectivity index (χ1) is 12.8. The van der Waals surface area contributed by atoms with Crippen molar-refractivity contribution < 1.29 is 22.7 Å². The molecule has 0 spiro atoms. The number of hydrogen-bond acceptors (Lipinski definition) is 5. The van der Waals surface area contributed by atoms with Gasteiger partial charge in [0, 0.05) is 25.7 Å². The summed E-state index contributed by atoms with van der Waals surface area (Å²) in [7, 11) is -0.600. The number of sulfonamides is 1. The van der Waals surface area contributed by atoms with Crippen LogP contribution in [-0.4, -0.2) is 39.4 Å². The van der Waals surface area contributed by atoms with Crippen molar-refractivity contribution in [1.29, 1.82) is 0 Å². The molecule has 2 aromatic carbocycles. The number of hydrogen-bond donors (Lipinski definition) is 1. The zero-order valence-corrected chi connectivity index (χ0v) is 16.7. The fraction of sp³-hybridized carbons (Fsp3) is 0.316. The van der Waals surface area contributed by atoms with Crippen LogP contribution >= 0.6 is 0 Å². The Morgan fingerprint density at radius 2 is 1.67 bits per heavy atom. The average molecular weight is 392 g/mol. The summed E-state index contributed by atoms with van der Waals surface area (Å²) in [5, 5.41) is 2.62.